The van der Waals surface area contributed by atoms with Crippen molar-refractivity contribution >= 4 is 21.8 Å². The van der Waals surface area contributed by atoms with Crippen LogP contribution in [0.25, 0.3) is 0 Å². The van der Waals surface area contributed by atoms with E-state index in [4.69, 9.17) is 4.74 Å². The molecule has 0 aliphatic heterocycles. The number of halogens is 3. The quantitative estimate of drug-likeness (QED) is 0.915. The molecule has 0 spiro atoms. The summed E-state index contributed by atoms with van der Waals surface area (Å²) in [6.45, 7) is 0.102. The average Bonchev–Trinajstić information content (AvgIpc) is 2.44. The molecule has 0 atom stereocenters. The summed E-state index contributed by atoms with van der Waals surface area (Å²) < 4.78 is 32.4. The van der Waals surface area contributed by atoms with E-state index in [1.807, 2.05) is 0 Å². The number of carbonyl (C=O) groups excluding carboxylic acids is 1. The molecule has 0 aliphatic carbocycles. The number of hydrogen-bond acceptors (Lipinski definition) is 3. The minimum Gasteiger partial charge on any atom is -0.481 e. The van der Waals surface area contributed by atoms with Gasteiger partial charge < -0.3 is 10.1 Å². The summed E-state index contributed by atoms with van der Waals surface area (Å²) in [7, 11) is 1.49. The van der Waals surface area contributed by atoms with Gasteiger partial charge in [0.15, 0.2) is 0 Å². The van der Waals surface area contributed by atoms with Crippen LogP contribution in [0, 0.1) is 11.6 Å². The number of pyridine rings is 1. The van der Waals surface area contributed by atoms with Gasteiger partial charge in [-0.2, -0.15) is 0 Å². The molecule has 0 bridgehead atoms. The Balaban J connectivity index is 2.08. The van der Waals surface area contributed by atoms with Crippen molar-refractivity contribution in [3.8, 4) is 5.88 Å². The van der Waals surface area contributed by atoms with Crippen LogP contribution in [-0.4, -0.2) is 18.0 Å². The van der Waals surface area contributed by atoms with Crippen molar-refractivity contribution in [3.05, 3.63) is 57.7 Å². The number of nitrogens with zero attached hydrogens (tertiary/aromatic N) is 1. The summed E-state index contributed by atoms with van der Waals surface area (Å²) in [6.07, 6.45) is 1.51. The molecule has 1 aromatic heterocycles. The van der Waals surface area contributed by atoms with Crippen molar-refractivity contribution in [2.24, 2.45) is 0 Å². The molecule has 1 aromatic carbocycles. The van der Waals surface area contributed by atoms with Crippen molar-refractivity contribution < 1.29 is 18.3 Å². The maximum Gasteiger partial charge on any atom is 0.257 e. The number of carbonyl (C=O) groups is 1. The monoisotopic (exact) mass is 356 g/mol. The lowest BCUT2D eigenvalue weighted by molar-refractivity contribution is 0.0942. The van der Waals surface area contributed by atoms with E-state index >= 15 is 0 Å². The Labute approximate surface area is 128 Å². The first kappa shape index (κ1) is 15.4. The van der Waals surface area contributed by atoms with Crippen LogP contribution >= 0.6 is 15.9 Å². The Bertz CT molecular complexity index is 640. The molecule has 4 nitrogen and oxygen atoms in total. The summed E-state index contributed by atoms with van der Waals surface area (Å²) >= 11 is 2.95. The molecule has 2 aromatic rings. The summed E-state index contributed by atoms with van der Waals surface area (Å²) in [5.74, 6) is -2.23. The predicted molar refractivity (Wildman–Crippen MR) is 76.0 cm³/mol. The molecule has 7 heteroatoms. The first-order valence-electron chi connectivity index (χ1n) is 5.93. The van der Waals surface area contributed by atoms with Gasteiger partial charge in [0.2, 0.25) is 5.88 Å². The standard InChI is InChI=1S/C14H11BrF2N2O2/c1-21-12-3-2-8(6-18-12)7-19-14(20)13-10(16)4-9(15)5-11(13)17/h2-6H,7H2,1H3,(H,19,20). The summed E-state index contributed by atoms with van der Waals surface area (Å²) in [4.78, 5) is 15.8. The molecular weight excluding hydrogens is 346 g/mol. The minimum atomic E-state index is -0.924. The number of amides is 1. The zero-order valence-corrected chi connectivity index (χ0v) is 12.6. The maximum absolute atomic E-state index is 13.6. The van der Waals surface area contributed by atoms with E-state index in [9.17, 15) is 13.6 Å². The van der Waals surface area contributed by atoms with Crippen LogP contribution in [0.5, 0.6) is 5.88 Å². The van der Waals surface area contributed by atoms with Gasteiger partial charge >= 0.3 is 0 Å². The largest absolute Gasteiger partial charge is 0.481 e. The van der Waals surface area contributed by atoms with E-state index in [1.165, 1.54) is 13.3 Å². The van der Waals surface area contributed by atoms with Crippen molar-refractivity contribution in [1.29, 1.82) is 0 Å². The number of nitrogens with one attached hydrogen (secondary N) is 1. The zero-order chi connectivity index (χ0) is 15.4. The fraction of sp³-hybridized carbons (Fsp3) is 0.143. The number of ether oxygens (including phenoxy) is 1. The molecule has 0 fully saturated rings. The molecule has 0 unspecified atom stereocenters. The second kappa shape index (κ2) is 6.62. The number of hydrogen-bond donors (Lipinski definition) is 1. The van der Waals surface area contributed by atoms with Crippen LogP contribution in [0.4, 0.5) is 8.78 Å². The van der Waals surface area contributed by atoms with Crippen LogP contribution < -0.4 is 10.1 Å². The Morgan fingerprint density at radius 2 is 2.00 bits per heavy atom. The number of aromatic nitrogens is 1. The van der Waals surface area contributed by atoms with Crippen LogP contribution in [0.1, 0.15) is 15.9 Å². The normalized spacial score (nSPS) is 10.3. The van der Waals surface area contributed by atoms with Crippen molar-refractivity contribution in [1.82, 2.24) is 10.3 Å². The van der Waals surface area contributed by atoms with Gasteiger partial charge in [-0.15, -0.1) is 0 Å². The third-order valence-corrected chi connectivity index (χ3v) is 3.15. The lowest BCUT2D eigenvalue weighted by Gasteiger charge is -2.08. The smallest absolute Gasteiger partial charge is 0.257 e. The highest BCUT2D eigenvalue weighted by Gasteiger charge is 2.18. The van der Waals surface area contributed by atoms with E-state index in [0.29, 0.717) is 11.4 Å². The Kier molecular flexibility index (Phi) is 4.85. The Morgan fingerprint density at radius 1 is 1.33 bits per heavy atom. The number of rotatable bonds is 4. The molecule has 1 N–H and O–H groups in total. The predicted octanol–water partition coefficient (Wildman–Crippen LogP) is 3.06. The van der Waals surface area contributed by atoms with E-state index < -0.39 is 23.1 Å². The van der Waals surface area contributed by atoms with Crippen molar-refractivity contribution in [2.45, 2.75) is 6.54 Å². The van der Waals surface area contributed by atoms with Gasteiger partial charge in [0, 0.05) is 23.3 Å². The lowest BCUT2D eigenvalue weighted by Crippen LogP contribution is -2.25. The fourth-order valence-electron chi connectivity index (χ4n) is 1.67. The van der Waals surface area contributed by atoms with Gasteiger partial charge in [-0.1, -0.05) is 22.0 Å². The molecule has 0 radical (unpaired) electrons. The molecule has 0 saturated heterocycles. The van der Waals surface area contributed by atoms with Crippen molar-refractivity contribution in [3.63, 3.8) is 0 Å². The third-order valence-electron chi connectivity index (χ3n) is 2.69. The van der Waals surface area contributed by atoms with Gasteiger partial charge in [-0.3, -0.25) is 4.79 Å². The van der Waals surface area contributed by atoms with E-state index in [0.717, 1.165) is 12.1 Å². The topological polar surface area (TPSA) is 51.2 Å². The summed E-state index contributed by atoms with van der Waals surface area (Å²) in [5, 5.41) is 2.44. The Hall–Kier alpha value is -2.02. The fourth-order valence-corrected chi connectivity index (χ4v) is 2.07. The summed E-state index contributed by atoms with van der Waals surface area (Å²) in [5.41, 5.74) is 0.0711. The van der Waals surface area contributed by atoms with Crippen LogP contribution in [0.2, 0.25) is 0 Å². The molecule has 0 aliphatic rings. The first-order chi connectivity index (χ1) is 10.0. The van der Waals surface area contributed by atoms with Crippen LogP contribution in [0.15, 0.2) is 34.9 Å². The number of benzene rings is 1. The maximum atomic E-state index is 13.6. The second-order valence-corrected chi connectivity index (χ2v) is 5.05. The lowest BCUT2D eigenvalue weighted by atomic mass is 10.2. The van der Waals surface area contributed by atoms with Gasteiger partial charge in [0.1, 0.15) is 17.2 Å². The van der Waals surface area contributed by atoms with Gasteiger partial charge in [-0.05, 0) is 17.7 Å². The van der Waals surface area contributed by atoms with E-state index in [1.54, 1.807) is 12.1 Å². The first-order valence-corrected chi connectivity index (χ1v) is 6.72. The van der Waals surface area contributed by atoms with E-state index in [2.05, 4.69) is 26.2 Å². The van der Waals surface area contributed by atoms with Crippen molar-refractivity contribution in [2.75, 3.05) is 7.11 Å². The van der Waals surface area contributed by atoms with Crippen LogP contribution in [-0.2, 0) is 6.54 Å². The molecule has 1 heterocycles. The second-order valence-electron chi connectivity index (χ2n) is 4.14. The van der Waals surface area contributed by atoms with Gasteiger partial charge in [0.05, 0.1) is 7.11 Å². The Morgan fingerprint density at radius 3 is 2.52 bits per heavy atom. The molecular formula is C14H11BrF2N2O2. The van der Waals surface area contributed by atoms with Gasteiger partial charge in [-0.25, -0.2) is 13.8 Å². The van der Waals surface area contributed by atoms with Crippen LogP contribution in [0.3, 0.4) is 0 Å². The average molecular weight is 357 g/mol. The third kappa shape index (κ3) is 3.75. The van der Waals surface area contributed by atoms with E-state index in [-0.39, 0.29) is 11.0 Å². The highest BCUT2D eigenvalue weighted by atomic mass is 79.9. The SMILES string of the molecule is COc1ccc(CNC(=O)c2c(F)cc(Br)cc2F)cn1. The zero-order valence-electron chi connectivity index (χ0n) is 11.0. The molecule has 21 heavy (non-hydrogen) atoms. The van der Waals surface area contributed by atoms with Gasteiger partial charge in [0.25, 0.3) is 5.91 Å². The number of methoxy groups -OCH3 is 1. The highest BCUT2D eigenvalue weighted by Crippen LogP contribution is 2.19. The molecule has 0 saturated carbocycles. The molecule has 110 valence electrons. The minimum absolute atomic E-state index is 0.102. The molecule has 2 rings (SSSR count). The molecule has 1 amide bonds. The summed E-state index contributed by atoms with van der Waals surface area (Å²) in [6, 6.07) is 5.39. The highest BCUT2D eigenvalue weighted by molar-refractivity contribution is 9.10.